The third-order valence-corrected chi connectivity index (χ3v) is 2.98. The molecule has 0 aromatic heterocycles. The van der Waals surface area contributed by atoms with Gasteiger partial charge in [-0.15, -0.1) is 0 Å². The van der Waals surface area contributed by atoms with E-state index in [1.165, 1.54) is 12.1 Å². The topological polar surface area (TPSA) is 38.8 Å². The molecule has 0 bridgehead atoms. The Morgan fingerprint density at radius 1 is 1.23 bits per heavy atom. The predicted molar refractivity (Wildman–Crippen MR) is 81.2 cm³/mol. The first-order chi connectivity index (χ1) is 10.5. The Balaban J connectivity index is 2.92. The Kier molecular flexibility index (Phi) is 7.36. The molecule has 1 amide bonds. The van der Waals surface area contributed by atoms with Crippen molar-refractivity contribution in [1.29, 1.82) is 0 Å². The highest BCUT2D eigenvalue weighted by Crippen LogP contribution is 2.30. The second kappa shape index (κ2) is 9.02. The van der Waals surface area contributed by atoms with Gasteiger partial charge < -0.3 is 14.4 Å². The third kappa shape index (κ3) is 5.35. The van der Waals surface area contributed by atoms with E-state index in [1.807, 2.05) is 13.8 Å². The SMILES string of the molecule is CCOc1cc(/C=C/C(=O)N(CC)CC)ccc1OC(F)F. The summed E-state index contributed by atoms with van der Waals surface area (Å²) in [6, 6.07) is 4.55. The summed E-state index contributed by atoms with van der Waals surface area (Å²) in [5.74, 6) is 0.0974. The Bertz CT molecular complexity index is 514. The smallest absolute Gasteiger partial charge is 0.387 e. The van der Waals surface area contributed by atoms with Gasteiger partial charge in [0.05, 0.1) is 6.61 Å². The van der Waals surface area contributed by atoms with Crippen molar-refractivity contribution in [3.63, 3.8) is 0 Å². The molecule has 0 atom stereocenters. The number of rotatable bonds is 8. The van der Waals surface area contributed by atoms with Crippen molar-refractivity contribution in [3.05, 3.63) is 29.8 Å². The zero-order chi connectivity index (χ0) is 16.5. The lowest BCUT2D eigenvalue weighted by Crippen LogP contribution is -2.28. The van der Waals surface area contributed by atoms with Crippen LogP contribution in [0.4, 0.5) is 8.78 Å². The van der Waals surface area contributed by atoms with Crippen LogP contribution in [0.1, 0.15) is 26.3 Å². The Hall–Kier alpha value is -2.11. The molecule has 1 aromatic carbocycles. The van der Waals surface area contributed by atoms with Crippen molar-refractivity contribution in [2.75, 3.05) is 19.7 Å². The summed E-state index contributed by atoms with van der Waals surface area (Å²) in [6.07, 6.45) is 3.07. The largest absolute Gasteiger partial charge is 0.490 e. The van der Waals surface area contributed by atoms with Crippen LogP contribution >= 0.6 is 0 Å². The van der Waals surface area contributed by atoms with Gasteiger partial charge in [-0.05, 0) is 44.5 Å². The summed E-state index contributed by atoms with van der Waals surface area (Å²) >= 11 is 0. The van der Waals surface area contributed by atoms with E-state index in [4.69, 9.17) is 4.74 Å². The zero-order valence-corrected chi connectivity index (χ0v) is 13.0. The molecule has 0 unspecified atom stereocenters. The minimum atomic E-state index is -2.91. The van der Waals surface area contributed by atoms with Gasteiger partial charge in [0.1, 0.15) is 0 Å². The van der Waals surface area contributed by atoms with Crippen molar-refractivity contribution in [3.8, 4) is 11.5 Å². The minimum Gasteiger partial charge on any atom is -0.490 e. The van der Waals surface area contributed by atoms with Crippen LogP contribution in [0.5, 0.6) is 11.5 Å². The van der Waals surface area contributed by atoms with Crippen LogP contribution in [0.3, 0.4) is 0 Å². The second-order valence-electron chi connectivity index (χ2n) is 4.36. The lowest BCUT2D eigenvalue weighted by atomic mass is 10.2. The van der Waals surface area contributed by atoms with Gasteiger partial charge in [-0.3, -0.25) is 4.79 Å². The Morgan fingerprint density at radius 3 is 2.45 bits per heavy atom. The van der Waals surface area contributed by atoms with E-state index in [0.717, 1.165) is 0 Å². The fourth-order valence-corrected chi connectivity index (χ4v) is 1.90. The quantitative estimate of drug-likeness (QED) is 0.689. The van der Waals surface area contributed by atoms with Crippen molar-refractivity contribution >= 4 is 12.0 Å². The van der Waals surface area contributed by atoms with Crippen LogP contribution in [-0.4, -0.2) is 37.1 Å². The average molecular weight is 313 g/mol. The fourth-order valence-electron chi connectivity index (χ4n) is 1.90. The first-order valence-corrected chi connectivity index (χ1v) is 7.20. The lowest BCUT2D eigenvalue weighted by molar-refractivity contribution is -0.125. The first-order valence-electron chi connectivity index (χ1n) is 7.20. The number of halogens is 2. The molecule has 1 aromatic rings. The number of benzene rings is 1. The molecule has 22 heavy (non-hydrogen) atoms. The van der Waals surface area contributed by atoms with E-state index in [-0.39, 0.29) is 17.4 Å². The summed E-state index contributed by atoms with van der Waals surface area (Å²) in [6.45, 7) is 4.22. The summed E-state index contributed by atoms with van der Waals surface area (Å²) < 4.78 is 34.3. The summed E-state index contributed by atoms with van der Waals surface area (Å²) in [5.41, 5.74) is 0.672. The maximum Gasteiger partial charge on any atom is 0.387 e. The summed E-state index contributed by atoms with van der Waals surface area (Å²) in [7, 11) is 0. The van der Waals surface area contributed by atoms with Crippen LogP contribution in [0, 0.1) is 0 Å². The van der Waals surface area contributed by atoms with Crippen molar-refractivity contribution < 1.29 is 23.0 Å². The molecule has 4 nitrogen and oxygen atoms in total. The number of likely N-dealkylation sites (N-methyl/N-ethyl adjacent to an activating group) is 1. The maximum absolute atomic E-state index is 12.3. The standard InChI is InChI=1S/C16H21F2NO3/c1-4-19(5-2)15(20)10-8-12-7-9-13(22-16(17)18)14(11-12)21-6-3/h7-11,16H,4-6H2,1-3H3/b10-8+. The van der Waals surface area contributed by atoms with E-state index in [2.05, 4.69) is 4.74 Å². The molecule has 6 heteroatoms. The van der Waals surface area contributed by atoms with Crippen LogP contribution in [0.25, 0.3) is 6.08 Å². The second-order valence-corrected chi connectivity index (χ2v) is 4.36. The van der Waals surface area contributed by atoms with Gasteiger partial charge in [0.25, 0.3) is 0 Å². The van der Waals surface area contributed by atoms with E-state index >= 15 is 0 Å². The molecule has 0 aliphatic carbocycles. The zero-order valence-electron chi connectivity index (χ0n) is 13.0. The molecule has 0 heterocycles. The van der Waals surface area contributed by atoms with Crippen LogP contribution in [0.2, 0.25) is 0 Å². The molecular weight excluding hydrogens is 292 g/mol. The summed E-state index contributed by atoms with van der Waals surface area (Å²) in [5, 5.41) is 0. The first kappa shape index (κ1) is 17.9. The van der Waals surface area contributed by atoms with Gasteiger partial charge in [-0.2, -0.15) is 8.78 Å². The highest BCUT2D eigenvalue weighted by atomic mass is 19.3. The molecule has 0 radical (unpaired) electrons. The number of hydrogen-bond donors (Lipinski definition) is 0. The van der Waals surface area contributed by atoms with Crippen molar-refractivity contribution in [1.82, 2.24) is 4.90 Å². The molecule has 0 saturated heterocycles. The number of carbonyl (C=O) groups is 1. The molecule has 0 N–H and O–H groups in total. The van der Waals surface area contributed by atoms with Crippen molar-refractivity contribution in [2.24, 2.45) is 0 Å². The monoisotopic (exact) mass is 313 g/mol. The highest BCUT2D eigenvalue weighted by molar-refractivity contribution is 5.91. The molecule has 0 aliphatic heterocycles. The fraction of sp³-hybridized carbons (Fsp3) is 0.438. The maximum atomic E-state index is 12.3. The van der Waals surface area contributed by atoms with Gasteiger partial charge in [0, 0.05) is 19.2 Å². The van der Waals surface area contributed by atoms with E-state index in [9.17, 15) is 13.6 Å². The minimum absolute atomic E-state index is 0.0240. The molecule has 0 aliphatic rings. The van der Waals surface area contributed by atoms with Crippen LogP contribution in [0.15, 0.2) is 24.3 Å². The van der Waals surface area contributed by atoms with E-state index in [0.29, 0.717) is 25.3 Å². The normalized spacial score (nSPS) is 11.0. The molecule has 1 rings (SSSR count). The number of alkyl halides is 2. The van der Waals surface area contributed by atoms with Gasteiger partial charge in [-0.1, -0.05) is 6.07 Å². The molecule has 0 fully saturated rings. The number of amides is 1. The third-order valence-electron chi connectivity index (χ3n) is 2.98. The van der Waals surface area contributed by atoms with Crippen LogP contribution in [-0.2, 0) is 4.79 Å². The van der Waals surface area contributed by atoms with Gasteiger partial charge in [0.15, 0.2) is 11.5 Å². The average Bonchev–Trinajstić information content (AvgIpc) is 2.48. The number of hydrogen-bond acceptors (Lipinski definition) is 3. The molecule has 0 spiro atoms. The van der Waals surface area contributed by atoms with E-state index < -0.39 is 6.61 Å². The van der Waals surface area contributed by atoms with Gasteiger partial charge in [-0.25, -0.2) is 0 Å². The number of carbonyl (C=O) groups excluding carboxylic acids is 1. The van der Waals surface area contributed by atoms with Crippen molar-refractivity contribution in [2.45, 2.75) is 27.4 Å². The van der Waals surface area contributed by atoms with E-state index in [1.54, 1.807) is 30.0 Å². The highest BCUT2D eigenvalue weighted by Gasteiger charge is 2.11. The summed E-state index contributed by atoms with van der Waals surface area (Å²) in [4.78, 5) is 13.6. The van der Waals surface area contributed by atoms with Gasteiger partial charge >= 0.3 is 6.61 Å². The molecular formula is C16H21F2NO3. The predicted octanol–water partition coefficient (Wildman–Crippen LogP) is 3.57. The lowest BCUT2D eigenvalue weighted by Gasteiger charge is -2.16. The molecule has 122 valence electrons. The Morgan fingerprint density at radius 2 is 1.91 bits per heavy atom. The number of nitrogens with zero attached hydrogens (tertiary/aromatic N) is 1. The number of ether oxygens (including phenoxy) is 2. The van der Waals surface area contributed by atoms with Crippen LogP contribution < -0.4 is 9.47 Å². The Labute approximate surface area is 129 Å². The van der Waals surface area contributed by atoms with Gasteiger partial charge in [0.2, 0.25) is 5.91 Å². The molecule has 0 saturated carbocycles.